The lowest BCUT2D eigenvalue weighted by molar-refractivity contribution is 0.0944. The molecule has 1 heterocycles. The first-order valence-electron chi connectivity index (χ1n) is 5.82. The number of nitrogens with one attached hydrogen (secondary N) is 1. The molecule has 1 aliphatic carbocycles. The fourth-order valence-electron chi connectivity index (χ4n) is 2.34. The highest BCUT2D eigenvalue weighted by atomic mass is 35.7. The summed E-state index contributed by atoms with van der Waals surface area (Å²) in [4.78, 5) is 12.1. The summed E-state index contributed by atoms with van der Waals surface area (Å²) in [5.41, 5.74) is 0.419. The Morgan fingerprint density at radius 3 is 2.21 bits per heavy atom. The molecule has 1 aromatic heterocycles. The second kappa shape index (κ2) is 4.20. The fraction of sp³-hybridized carbons (Fsp3) is 0.583. The zero-order chi connectivity index (χ0) is 14.6. The molecule has 0 spiro atoms. The van der Waals surface area contributed by atoms with Crippen LogP contribution in [0.15, 0.2) is 15.7 Å². The second-order valence-electron chi connectivity index (χ2n) is 5.94. The zero-order valence-corrected chi connectivity index (χ0v) is 13.5. The van der Waals surface area contributed by atoms with E-state index in [0.29, 0.717) is 5.56 Å². The predicted molar refractivity (Wildman–Crippen MR) is 76.2 cm³/mol. The number of rotatable bonds is 3. The number of carbonyl (C=O) groups is 1. The molecule has 19 heavy (non-hydrogen) atoms. The fourth-order valence-corrected chi connectivity index (χ4v) is 4.28. The van der Waals surface area contributed by atoms with Crippen molar-refractivity contribution in [3.8, 4) is 0 Å². The van der Waals surface area contributed by atoms with Crippen LogP contribution >= 0.6 is 22.0 Å². The minimum atomic E-state index is -3.76. The van der Waals surface area contributed by atoms with Crippen LogP contribution in [-0.4, -0.2) is 20.4 Å². The van der Waals surface area contributed by atoms with Crippen LogP contribution in [-0.2, 0) is 9.05 Å². The summed E-state index contributed by atoms with van der Waals surface area (Å²) in [6.07, 6.45) is 0. The highest BCUT2D eigenvalue weighted by molar-refractivity contribution is 8.15. The van der Waals surface area contributed by atoms with Crippen LogP contribution in [0.25, 0.3) is 0 Å². The third-order valence-electron chi connectivity index (χ3n) is 4.37. The molecule has 2 rings (SSSR count). The summed E-state index contributed by atoms with van der Waals surface area (Å²) in [6.45, 7) is 8.39. The largest absolute Gasteiger partial charge is 0.348 e. The van der Waals surface area contributed by atoms with E-state index in [2.05, 4.69) is 33.0 Å². The lowest BCUT2D eigenvalue weighted by Gasteiger charge is -2.04. The quantitative estimate of drug-likeness (QED) is 0.871. The molecule has 1 aromatic rings. The van der Waals surface area contributed by atoms with E-state index in [1.807, 2.05) is 0 Å². The Hall–Kier alpha value is -0.590. The van der Waals surface area contributed by atoms with Gasteiger partial charge in [-0.1, -0.05) is 27.7 Å². The van der Waals surface area contributed by atoms with Crippen molar-refractivity contribution in [1.29, 1.82) is 0 Å². The number of halogens is 1. The van der Waals surface area contributed by atoms with Gasteiger partial charge in [-0.25, -0.2) is 8.42 Å². The molecule has 1 amide bonds. The van der Waals surface area contributed by atoms with Gasteiger partial charge in [-0.3, -0.25) is 4.79 Å². The van der Waals surface area contributed by atoms with Crippen molar-refractivity contribution in [2.45, 2.75) is 37.9 Å². The van der Waals surface area contributed by atoms with Gasteiger partial charge in [0.2, 0.25) is 0 Å². The summed E-state index contributed by atoms with van der Waals surface area (Å²) < 4.78 is 22.3. The molecule has 7 heteroatoms. The molecule has 1 aliphatic rings. The lowest BCUT2D eigenvalue weighted by Crippen LogP contribution is -2.29. The first-order valence-corrected chi connectivity index (χ1v) is 9.01. The SMILES string of the molecule is CC1(C)C(NC(=O)c2csc(S(=O)(=O)Cl)c2)C1(C)C. The van der Waals surface area contributed by atoms with E-state index in [4.69, 9.17) is 10.7 Å². The molecule has 1 saturated carbocycles. The Kier molecular flexibility index (Phi) is 3.27. The Morgan fingerprint density at radius 1 is 1.32 bits per heavy atom. The molecular formula is C12H16ClNO3S2. The van der Waals surface area contributed by atoms with Gasteiger partial charge in [0.05, 0.1) is 5.56 Å². The molecule has 0 aliphatic heterocycles. The van der Waals surface area contributed by atoms with Gasteiger partial charge in [0.25, 0.3) is 15.0 Å². The van der Waals surface area contributed by atoms with Crippen molar-refractivity contribution >= 4 is 37.0 Å². The van der Waals surface area contributed by atoms with E-state index in [-0.39, 0.29) is 27.0 Å². The second-order valence-corrected chi connectivity index (χ2v) is 9.65. The van der Waals surface area contributed by atoms with Gasteiger partial charge in [0, 0.05) is 22.1 Å². The van der Waals surface area contributed by atoms with E-state index < -0.39 is 9.05 Å². The third-order valence-corrected chi connectivity index (χ3v) is 7.41. The van der Waals surface area contributed by atoms with Crippen molar-refractivity contribution in [3.05, 3.63) is 17.0 Å². The van der Waals surface area contributed by atoms with Crippen molar-refractivity contribution in [2.24, 2.45) is 10.8 Å². The van der Waals surface area contributed by atoms with Gasteiger partial charge >= 0.3 is 0 Å². The maximum atomic E-state index is 12.1. The molecule has 0 bridgehead atoms. The Labute approximate surface area is 121 Å². The monoisotopic (exact) mass is 321 g/mol. The topological polar surface area (TPSA) is 63.2 Å². The first kappa shape index (κ1) is 14.8. The van der Waals surface area contributed by atoms with E-state index in [1.165, 1.54) is 11.4 Å². The van der Waals surface area contributed by atoms with E-state index >= 15 is 0 Å². The van der Waals surface area contributed by atoms with Crippen LogP contribution in [0.4, 0.5) is 0 Å². The Morgan fingerprint density at radius 2 is 1.84 bits per heavy atom. The van der Waals surface area contributed by atoms with E-state index in [1.54, 1.807) is 0 Å². The van der Waals surface area contributed by atoms with Crippen molar-refractivity contribution in [3.63, 3.8) is 0 Å². The lowest BCUT2D eigenvalue weighted by atomic mass is 10.0. The molecule has 106 valence electrons. The van der Waals surface area contributed by atoms with Crippen molar-refractivity contribution in [2.75, 3.05) is 0 Å². The molecule has 0 saturated heterocycles. The number of thiophene rings is 1. The zero-order valence-electron chi connectivity index (χ0n) is 11.2. The average molecular weight is 322 g/mol. The van der Waals surface area contributed by atoms with E-state index in [0.717, 1.165) is 11.3 Å². The van der Waals surface area contributed by atoms with Crippen molar-refractivity contribution < 1.29 is 13.2 Å². The maximum absolute atomic E-state index is 12.1. The molecule has 0 radical (unpaired) electrons. The van der Waals surface area contributed by atoms with Gasteiger partial charge in [0.1, 0.15) is 4.21 Å². The number of hydrogen-bond acceptors (Lipinski definition) is 4. The maximum Gasteiger partial charge on any atom is 0.270 e. The normalized spacial score (nSPS) is 21.1. The van der Waals surface area contributed by atoms with Gasteiger partial charge in [-0.15, -0.1) is 11.3 Å². The molecule has 4 nitrogen and oxygen atoms in total. The van der Waals surface area contributed by atoms with Crippen LogP contribution in [0, 0.1) is 10.8 Å². The molecule has 1 fully saturated rings. The van der Waals surface area contributed by atoms with Crippen LogP contribution < -0.4 is 5.32 Å². The summed E-state index contributed by atoms with van der Waals surface area (Å²) in [5.74, 6) is -0.258. The van der Waals surface area contributed by atoms with Crippen LogP contribution in [0.1, 0.15) is 38.1 Å². The summed E-state index contributed by atoms with van der Waals surface area (Å²) >= 11 is 0.951. The standard InChI is InChI=1S/C12H16ClNO3S2/c1-11(2)10(12(11,3)4)14-9(15)7-5-8(18-6-7)19(13,16)17/h5-6,10H,1-4H3,(H,14,15). The minimum absolute atomic E-state index is 0.00589. The predicted octanol–water partition coefficient (Wildman–Crippen LogP) is 2.84. The molecular weight excluding hydrogens is 306 g/mol. The van der Waals surface area contributed by atoms with Gasteiger partial charge < -0.3 is 5.32 Å². The number of amides is 1. The van der Waals surface area contributed by atoms with Crippen LogP contribution in [0.3, 0.4) is 0 Å². The summed E-state index contributed by atoms with van der Waals surface area (Å²) in [7, 11) is 1.47. The minimum Gasteiger partial charge on any atom is -0.348 e. The highest BCUT2D eigenvalue weighted by Crippen LogP contribution is 2.62. The smallest absolute Gasteiger partial charge is 0.270 e. The van der Waals surface area contributed by atoms with Crippen LogP contribution in [0.5, 0.6) is 0 Å². The Balaban J connectivity index is 2.13. The van der Waals surface area contributed by atoms with Crippen molar-refractivity contribution in [1.82, 2.24) is 5.32 Å². The highest BCUT2D eigenvalue weighted by Gasteiger charge is 2.65. The molecule has 0 unspecified atom stereocenters. The number of carbonyl (C=O) groups excluding carboxylic acids is 1. The first-order chi connectivity index (χ1) is 8.48. The molecule has 0 aromatic carbocycles. The molecule has 0 atom stereocenters. The third kappa shape index (κ3) is 2.41. The average Bonchev–Trinajstić information content (AvgIpc) is 2.69. The van der Waals surface area contributed by atoms with Gasteiger partial charge in [-0.2, -0.15) is 0 Å². The summed E-state index contributed by atoms with van der Waals surface area (Å²) in [6, 6.07) is 1.40. The summed E-state index contributed by atoms with van der Waals surface area (Å²) in [5, 5.41) is 4.45. The van der Waals surface area contributed by atoms with Gasteiger partial charge in [-0.05, 0) is 16.9 Å². The Bertz CT molecular complexity index is 617. The van der Waals surface area contributed by atoms with Gasteiger partial charge in [0.15, 0.2) is 0 Å². The number of hydrogen-bond donors (Lipinski definition) is 1. The van der Waals surface area contributed by atoms with E-state index in [9.17, 15) is 13.2 Å². The molecule has 1 N–H and O–H groups in total. The van der Waals surface area contributed by atoms with Crippen LogP contribution in [0.2, 0.25) is 0 Å².